The molecular formula is C13H13BrClFO. The van der Waals surface area contributed by atoms with Crippen LogP contribution in [0.1, 0.15) is 31.2 Å². The Balaban J connectivity index is 2.08. The van der Waals surface area contributed by atoms with Crippen LogP contribution in [0.2, 0.25) is 5.02 Å². The van der Waals surface area contributed by atoms with Crippen LogP contribution in [0, 0.1) is 17.7 Å². The summed E-state index contributed by atoms with van der Waals surface area (Å²) in [4.78, 5) is 0. The molecule has 3 unspecified atom stereocenters. The Bertz CT molecular complexity index is 479. The number of fused-ring (bicyclic) bond motifs is 2. The molecule has 2 aliphatic rings. The van der Waals surface area contributed by atoms with Crippen LogP contribution in [-0.4, -0.2) is 5.11 Å². The third kappa shape index (κ3) is 1.66. The number of hydrogen-bond donors (Lipinski definition) is 1. The lowest BCUT2D eigenvalue weighted by Crippen LogP contribution is -2.33. The highest BCUT2D eigenvalue weighted by atomic mass is 79.9. The van der Waals surface area contributed by atoms with Crippen molar-refractivity contribution in [3.63, 3.8) is 0 Å². The number of hydrogen-bond acceptors (Lipinski definition) is 1. The van der Waals surface area contributed by atoms with E-state index < -0.39 is 11.4 Å². The summed E-state index contributed by atoms with van der Waals surface area (Å²) in [5.74, 6) is 0.266. The summed E-state index contributed by atoms with van der Waals surface area (Å²) in [6, 6.07) is 3.37. The second-order valence-corrected chi connectivity index (χ2v) is 6.46. The first-order valence-electron chi connectivity index (χ1n) is 5.88. The molecule has 2 aliphatic carbocycles. The fourth-order valence-corrected chi connectivity index (χ4v) is 3.96. The van der Waals surface area contributed by atoms with E-state index in [1.165, 1.54) is 6.42 Å². The van der Waals surface area contributed by atoms with Gasteiger partial charge >= 0.3 is 0 Å². The summed E-state index contributed by atoms with van der Waals surface area (Å²) in [5.41, 5.74) is -0.630. The van der Waals surface area contributed by atoms with Crippen LogP contribution in [0.25, 0.3) is 0 Å². The molecule has 0 heterocycles. The predicted molar refractivity (Wildman–Crippen MR) is 68.5 cm³/mol. The molecule has 4 heteroatoms. The van der Waals surface area contributed by atoms with Gasteiger partial charge in [-0.2, -0.15) is 0 Å². The molecule has 3 atom stereocenters. The Morgan fingerprint density at radius 3 is 2.76 bits per heavy atom. The molecule has 3 rings (SSSR count). The van der Waals surface area contributed by atoms with Crippen molar-refractivity contribution < 1.29 is 9.50 Å². The molecule has 1 nitrogen and oxygen atoms in total. The zero-order chi connectivity index (χ0) is 12.2. The normalized spacial score (nSPS) is 35.5. The molecule has 1 N–H and O–H groups in total. The third-order valence-electron chi connectivity index (χ3n) is 4.32. The zero-order valence-corrected chi connectivity index (χ0v) is 11.6. The Morgan fingerprint density at radius 2 is 2.18 bits per heavy atom. The zero-order valence-electron chi connectivity index (χ0n) is 9.22. The van der Waals surface area contributed by atoms with Gasteiger partial charge in [-0.25, -0.2) is 4.39 Å². The molecule has 17 heavy (non-hydrogen) atoms. The van der Waals surface area contributed by atoms with E-state index in [4.69, 9.17) is 11.6 Å². The van der Waals surface area contributed by atoms with Gasteiger partial charge in [0.2, 0.25) is 0 Å². The van der Waals surface area contributed by atoms with Gasteiger partial charge in [-0.3, -0.25) is 0 Å². The first-order chi connectivity index (χ1) is 8.02. The smallest absolute Gasteiger partial charge is 0.149 e. The maximum atomic E-state index is 14.2. The molecule has 0 radical (unpaired) electrons. The summed E-state index contributed by atoms with van der Waals surface area (Å²) in [6.45, 7) is 0. The van der Waals surface area contributed by atoms with Crippen molar-refractivity contribution in [3.05, 3.63) is 33.0 Å². The molecule has 0 amide bonds. The van der Waals surface area contributed by atoms with Crippen molar-refractivity contribution in [2.24, 2.45) is 11.8 Å². The summed E-state index contributed by atoms with van der Waals surface area (Å²) >= 11 is 9.09. The first-order valence-corrected chi connectivity index (χ1v) is 7.06. The molecule has 0 spiro atoms. The Labute approximate surface area is 113 Å². The number of benzene rings is 1. The predicted octanol–water partition coefficient (Wildman–Crippen LogP) is 4.25. The van der Waals surface area contributed by atoms with Gasteiger partial charge in [0.1, 0.15) is 5.82 Å². The summed E-state index contributed by atoms with van der Waals surface area (Å²) in [7, 11) is 0. The molecule has 2 saturated carbocycles. The van der Waals surface area contributed by atoms with Gasteiger partial charge in [0.15, 0.2) is 0 Å². The lowest BCUT2D eigenvalue weighted by molar-refractivity contribution is -0.0212. The lowest BCUT2D eigenvalue weighted by atomic mass is 9.79. The average molecular weight is 320 g/mol. The minimum Gasteiger partial charge on any atom is -0.385 e. The molecule has 0 aliphatic heterocycles. The average Bonchev–Trinajstić information content (AvgIpc) is 2.86. The monoisotopic (exact) mass is 318 g/mol. The molecule has 0 saturated heterocycles. The molecule has 1 aromatic carbocycles. The maximum Gasteiger partial charge on any atom is 0.149 e. The highest BCUT2D eigenvalue weighted by Gasteiger charge is 2.52. The minimum atomic E-state index is -1.00. The topological polar surface area (TPSA) is 20.2 Å². The number of halogens is 3. The van der Waals surface area contributed by atoms with Crippen LogP contribution in [0.4, 0.5) is 4.39 Å². The quantitative estimate of drug-likeness (QED) is 0.767. The second-order valence-electron chi connectivity index (χ2n) is 5.23. The van der Waals surface area contributed by atoms with Crippen LogP contribution in [0.15, 0.2) is 16.6 Å². The van der Waals surface area contributed by atoms with Crippen molar-refractivity contribution >= 4 is 27.5 Å². The standard InChI is InChI=1S/C13H13BrClFO/c14-10-4-3-9(12(16)11(10)15)13(17)6-7-1-2-8(13)5-7/h3-4,7-8,17H,1-2,5-6H2. The van der Waals surface area contributed by atoms with E-state index in [0.29, 0.717) is 22.4 Å². The van der Waals surface area contributed by atoms with Crippen LogP contribution in [-0.2, 0) is 5.60 Å². The van der Waals surface area contributed by atoms with E-state index in [2.05, 4.69) is 15.9 Å². The van der Waals surface area contributed by atoms with Gasteiger partial charge in [-0.1, -0.05) is 17.7 Å². The largest absolute Gasteiger partial charge is 0.385 e. The lowest BCUT2D eigenvalue weighted by Gasteiger charge is -2.33. The van der Waals surface area contributed by atoms with E-state index in [1.54, 1.807) is 12.1 Å². The summed E-state index contributed by atoms with van der Waals surface area (Å²) in [5, 5.41) is 10.8. The number of rotatable bonds is 1. The van der Waals surface area contributed by atoms with Crippen LogP contribution in [0.3, 0.4) is 0 Å². The highest BCUT2D eigenvalue weighted by Crippen LogP contribution is 2.56. The van der Waals surface area contributed by atoms with Crippen molar-refractivity contribution in [1.82, 2.24) is 0 Å². The molecule has 0 aromatic heterocycles. The Morgan fingerprint density at radius 1 is 1.41 bits per heavy atom. The highest BCUT2D eigenvalue weighted by molar-refractivity contribution is 9.10. The van der Waals surface area contributed by atoms with Crippen LogP contribution >= 0.6 is 27.5 Å². The molecular weight excluding hydrogens is 306 g/mol. The Hall–Kier alpha value is -0.120. The van der Waals surface area contributed by atoms with Gasteiger partial charge in [-0.05, 0) is 59.5 Å². The van der Waals surface area contributed by atoms with Gasteiger partial charge in [0, 0.05) is 10.0 Å². The molecule has 2 bridgehead atoms. The SMILES string of the molecule is OC1(c2ccc(Br)c(Cl)c2F)CC2CCC1C2. The van der Waals surface area contributed by atoms with Gasteiger partial charge in [0.25, 0.3) is 0 Å². The van der Waals surface area contributed by atoms with E-state index in [0.717, 1.165) is 12.8 Å². The van der Waals surface area contributed by atoms with Gasteiger partial charge < -0.3 is 5.11 Å². The molecule has 1 aromatic rings. The fourth-order valence-electron chi connectivity index (χ4n) is 3.49. The Kier molecular flexibility index (Phi) is 2.77. The number of aliphatic hydroxyl groups is 1. The summed E-state index contributed by atoms with van der Waals surface area (Å²) < 4.78 is 14.7. The van der Waals surface area contributed by atoms with E-state index in [-0.39, 0.29) is 10.9 Å². The van der Waals surface area contributed by atoms with E-state index in [1.807, 2.05) is 0 Å². The van der Waals surface area contributed by atoms with Crippen molar-refractivity contribution in [1.29, 1.82) is 0 Å². The minimum absolute atomic E-state index is 0.0682. The van der Waals surface area contributed by atoms with Gasteiger partial charge in [-0.15, -0.1) is 0 Å². The first kappa shape index (κ1) is 11.9. The van der Waals surface area contributed by atoms with Crippen molar-refractivity contribution in [3.8, 4) is 0 Å². The van der Waals surface area contributed by atoms with E-state index >= 15 is 0 Å². The summed E-state index contributed by atoms with van der Waals surface area (Å²) in [6.07, 6.45) is 3.85. The molecule has 92 valence electrons. The fraction of sp³-hybridized carbons (Fsp3) is 0.538. The second kappa shape index (κ2) is 3.94. The van der Waals surface area contributed by atoms with Crippen molar-refractivity contribution in [2.45, 2.75) is 31.3 Å². The third-order valence-corrected chi connectivity index (χ3v) is 5.58. The van der Waals surface area contributed by atoms with Crippen molar-refractivity contribution in [2.75, 3.05) is 0 Å². The molecule has 2 fully saturated rings. The van der Waals surface area contributed by atoms with Crippen LogP contribution < -0.4 is 0 Å². The maximum absolute atomic E-state index is 14.2. The van der Waals surface area contributed by atoms with E-state index in [9.17, 15) is 9.50 Å². The van der Waals surface area contributed by atoms with Gasteiger partial charge in [0.05, 0.1) is 10.6 Å². The van der Waals surface area contributed by atoms with Crippen LogP contribution in [0.5, 0.6) is 0 Å².